The third kappa shape index (κ3) is 3.40. The number of halogens is 1. The third-order valence-corrected chi connectivity index (χ3v) is 1.15. The number of aromatic nitrogens is 1. The van der Waals surface area contributed by atoms with Crippen LogP contribution in [0.4, 0.5) is 0 Å². The summed E-state index contributed by atoms with van der Waals surface area (Å²) < 4.78 is 0.698. The predicted molar refractivity (Wildman–Crippen MR) is 39.9 cm³/mol. The van der Waals surface area contributed by atoms with E-state index in [2.05, 4.69) is 12.6 Å². The molecule has 0 aliphatic heterocycles. The molecular formula is C5H6ClNOSZn+2. The summed E-state index contributed by atoms with van der Waals surface area (Å²) in [5.74, 6) is 0. The van der Waals surface area contributed by atoms with Crippen LogP contribution in [0.3, 0.4) is 0 Å². The first-order valence-corrected chi connectivity index (χ1v) is 2.62. The summed E-state index contributed by atoms with van der Waals surface area (Å²) in [5, 5.41) is 10.9. The van der Waals surface area contributed by atoms with Crippen LogP contribution < -0.4 is 4.73 Å². The molecule has 0 spiro atoms. The van der Waals surface area contributed by atoms with Gasteiger partial charge in [0.2, 0.25) is 5.03 Å². The zero-order chi connectivity index (χ0) is 5.98. The number of nitrogens with zero attached hydrogens (tertiary/aromatic N) is 1. The van der Waals surface area contributed by atoms with Crippen molar-refractivity contribution in [1.29, 1.82) is 0 Å². The second kappa shape index (κ2) is 5.96. The normalized spacial score (nSPS) is 7.30. The van der Waals surface area contributed by atoms with E-state index in [4.69, 9.17) is 0 Å². The molecule has 0 saturated heterocycles. The van der Waals surface area contributed by atoms with E-state index in [9.17, 15) is 5.21 Å². The van der Waals surface area contributed by atoms with Gasteiger partial charge in [-0.3, -0.25) is 0 Å². The van der Waals surface area contributed by atoms with Gasteiger partial charge in [0.25, 0.3) is 0 Å². The van der Waals surface area contributed by atoms with Crippen LogP contribution in [0.5, 0.6) is 0 Å². The topological polar surface area (TPSA) is 26.9 Å². The molecule has 10 heavy (non-hydrogen) atoms. The zero-order valence-corrected chi connectivity index (χ0v) is 9.91. The fourth-order valence-corrected chi connectivity index (χ4v) is 0.572. The summed E-state index contributed by atoms with van der Waals surface area (Å²) in [7, 11) is 0. The molecule has 1 heterocycles. The van der Waals surface area contributed by atoms with E-state index in [1.807, 2.05) is 0 Å². The minimum Gasteiger partial charge on any atom is -0.618 e. The van der Waals surface area contributed by atoms with Crippen LogP contribution in [0.25, 0.3) is 0 Å². The van der Waals surface area contributed by atoms with Gasteiger partial charge >= 0.3 is 19.5 Å². The number of rotatable bonds is 0. The Morgan fingerprint density at radius 1 is 1.40 bits per heavy atom. The van der Waals surface area contributed by atoms with Gasteiger partial charge in [0, 0.05) is 12.1 Å². The first-order valence-electron chi connectivity index (χ1n) is 2.18. The minimum atomic E-state index is 0. The average Bonchev–Trinajstić information content (AvgIpc) is 1.77. The summed E-state index contributed by atoms with van der Waals surface area (Å²) in [6.45, 7) is 0. The van der Waals surface area contributed by atoms with Crippen molar-refractivity contribution >= 4 is 25.0 Å². The molecule has 0 unspecified atom stereocenters. The molecule has 0 N–H and O–H groups in total. The Morgan fingerprint density at radius 3 is 2.30 bits per heavy atom. The van der Waals surface area contributed by atoms with Crippen molar-refractivity contribution in [3.63, 3.8) is 0 Å². The van der Waals surface area contributed by atoms with Gasteiger partial charge in [0.1, 0.15) is 0 Å². The van der Waals surface area contributed by atoms with Crippen molar-refractivity contribution in [2.45, 2.75) is 5.03 Å². The Labute approximate surface area is 83.8 Å². The maximum absolute atomic E-state index is 10.5. The Morgan fingerprint density at radius 2 is 2.00 bits per heavy atom. The minimum absolute atomic E-state index is 0. The fourth-order valence-electron chi connectivity index (χ4n) is 0.419. The quantitative estimate of drug-likeness (QED) is 0.306. The van der Waals surface area contributed by atoms with Crippen molar-refractivity contribution in [3.05, 3.63) is 29.6 Å². The van der Waals surface area contributed by atoms with Crippen molar-refractivity contribution in [3.8, 4) is 0 Å². The van der Waals surface area contributed by atoms with Gasteiger partial charge in [-0.2, -0.15) is 4.73 Å². The second-order valence-corrected chi connectivity index (χ2v) is 1.84. The Kier molecular flexibility index (Phi) is 7.66. The van der Waals surface area contributed by atoms with Gasteiger partial charge < -0.3 is 5.21 Å². The van der Waals surface area contributed by atoms with Gasteiger partial charge in [-0.25, -0.2) is 0 Å². The fraction of sp³-hybridized carbons (Fsp3) is 0. The predicted octanol–water partition coefficient (Wildman–Crippen LogP) is 1.03. The van der Waals surface area contributed by atoms with Crippen molar-refractivity contribution < 1.29 is 24.2 Å². The van der Waals surface area contributed by atoms with Crippen LogP contribution in [-0.4, -0.2) is 0 Å². The molecular weight excluding hydrogens is 223 g/mol. The van der Waals surface area contributed by atoms with Gasteiger partial charge in [0.05, 0.1) is 0 Å². The molecule has 0 bridgehead atoms. The van der Waals surface area contributed by atoms with Crippen LogP contribution >= 0.6 is 25.0 Å². The van der Waals surface area contributed by atoms with Gasteiger partial charge in [-0.1, -0.05) is 12.6 Å². The summed E-state index contributed by atoms with van der Waals surface area (Å²) in [6.07, 6.45) is 1.41. The smallest absolute Gasteiger partial charge is 0.618 e. The number of hydrogen-bond donors (Lipinski definition) is 1. The molecule has 0 saturated carbocycles. The molecule has 0 radical (unpaired) electrons. The van der Waals surface area contributed by atoms with E-state index in [1.54, 1.807) is 18.2 Å². The zero-order valence-electron chi connectivity index (χ0n) is 5.23. The number of pyridine rings is 1. The maximum Gasteiger partial charge on any atom is 2.00 e. The molecule has 0 aromatic carbocycles. The van der Waals surface area contributed by atoms with Gasteiger partial charge in [0.15, 0.2) is 6.20 Å². The molecule has 1 aromatic heterocycles. The van der Waals surface area contributed by atoms with E-state index in [0.29, 0.717) is 9.76 Å². The molecule has 1 rings (SSSR count). The third-order valence-electron chi connectivity index (χ3n) is 0.804. The largest absolute Gasteiger partial charge is 2.00 e. The average molecular weight is 229 g/mol. The first-order chi connectivity index (χ1) is 3.80. The standard InChI is InChI=1S/C5H5NOS.ClH.Zn/c7-6-4-2-1-3-5(6)8;;/h1-4,8H;1H;/q;;+2. The van der Waals surface area contributed by atoms with Crippen LogP contribution in [0.15, 0.2) is 29.4 Å². The number of hydrogen-bond acceptors (Lipinski definition) is 2. The second-order valence-electron chi connectivity index (χ2n) is 1.38. The molecule has 2 nitrogen and oxygen atoms in total. The van der Waals surface area contributed by atoms with E-state index in [1.165, 1.54) is 6.20 Å². The van der Waals surface area contributed by atoms with Crippen LogP contribution in [0.2, 0.25) is 0 Å². The van der Waals surface area contributed by atoms with Crippen LogP contribution in [-0.2, 0) is 19.5 Å². The SMILES string of the molecule is Cl.[O-][n+]1ccccc1S.[Zn+2]. The first kappa shape index (κ1) is 12.9. The van der Waals surface area contributed by atoms with E-state index >= 15 is 0 Å². The molecule has 0 atom stereocenters. The van der Waals surface area contributed by atoms with Gasteiger partial charge in [-0.05, 0) is 6.07 Å². The summed E-state index contributed by atoms with van der Waals surface area (Å²) >= 11 is 3.85. The van der Waals surface area contributed by atoms with E-state index in [-0.39, 0.29) is 31.9 Å². The van der Waals surface area contributed by atoms with Crippen molar-refractivity contribution in [2.24, 2.45) is 0 Å². The maximum atomic E-state index is 10.5. The Hall–Kier alpha value is 0.213. The van der Waals surface area contributed by atoms with Crippen molar-refractivity contribution in [2.75, 3.05) is 0 Å². The molecule has 50 valence electrons. The molecule has 0 aliphatic rings. The monoisotopic (exact) mass is 227 g/mol. The van der Waals surface area contributed by atoms with Crippen LogP contribution in [0.1, 0.15) is 0 Å². The van der Waals surface area contributed by atoms with E-state index in [0.717, 1.165) is 0 Å². The Balaban J connectivity index is 0. The molecule has 5 heteroatoms. The summed E-state index contributed by atoms with van der Waals surface area (Å²) in [6, 6.07) is 5.06. The Bertz CT molecular complexity index is 178. The summed E-state index contributed by atoms with van der Waals surface area (Å²) in [4.78, 5) is 0. The molecule has 0 fully saturated rings. The number of thiol groups is 1. The molecule has 0 aliphatic carbocycles. The molecule has 0 amide bonds. The van der Waals surface area contributed by atoms with Gasteiger partial charge in [-0.15, -0.1) is 12.4 Å². The van der Waals surface area contributed by atoms with Crippen LogP contribution in [0, 0.1) is 5.21 Å². The van der Waals surface area contributed by atoms with E-state index < -0.39 is 0 Å². The van der Waals surface area contributed by atoms with Crippen molar-refractivity contribution in [1.82, 2.24) is 0 Å². The molecule has 1 aromatic rings. The summed E-state index contributed by atoms with van der Waals surface area (Å²) in [5.41, 5.74) is 0.